The first-order chi connectivity index (χ1) is 13.7. The molecule has 4 rings (SSSR count). The van der Waals surface area contributed by atoms with Crippen molar-refractivity contribution in [3.8, 4) is 22.6 Å². The molecule has 0 aliphatic carbocycles. The molecule has 0 radical (unpaired) electrons. The minimum atomic E-state index is 0.589. The van der Waals surface area contributed by atoms with Crippen molar-refractivity contribution >= 4 is 22.8 Å². The molecule has 0 aliphatic heterocycles. The number of nitrogens with zero attached hydrogens (tertiary/aromatic N) is 3. The summed E-state index contributed by atoms with van der Waals surface area (Å²) >= 11 is 1.79. The van der Waals surface area contributed by atoms with Gasteiger partial charge >= 0.3 is 0 Å². The zero-order valence-electron chi connectivity index (χ0n) is 16.3. The van der Waals surface area contributed by atoms with Crippen LogP contribution >= 0.6 is 11.8 Å². The monoisotopic (exact) mass is 389 g/mol. The maximum Gasteiger partial charge on any atom is 0.149 e. The van der Waals surface area contributed by atoms with Crippen molar-refractivity contribution in [2.24, 2.45) is 5.92 Å². The summed E-state index contributed by atoms with van der Waals surface area (Å²) in [4.78, 5) is 9.27. The van der Waals surface area contributed by atoms with Gasteiger partial charge in [-0.1, -0.05) is 56.3 Å². The molecule has 0 N–H and O–H groups in total. The smallest absolute Gasteiger partial charge is 0.149 e. The summed E-state index contributed by atoms with van der Waals surface area (Å²) in [5.74, 6) is 2.42. The number of aromatic nitrogens is 3. The molecule has 4 nitrogen and oxygen atoms in total. The van der Waals surface area contributed by atoms with Crippen molar-refractivity contribution in [3.05, 3.63) is 67.1 Å². The second-order valence-corrected chi connectivity index (χ2v) is 8.04. The third-order valence-electron chi connectivity index (χ3n) is 4.53. The van der Waals surface area contributed by atoms with Crippen LogP contribution in [0.15, 0.2) is 72.1 Å². The molecule has 0 atom stereocenters. The Morgan fingerprint density at radius 3 is 2.50 bits per heavy atom. The first-order valence-corrected chi connectivity index (χ1v) is 10.3. The fourth-order valence-electron chi connectivity index (χ4n) is 3.24. The maximum atomic E-state index is 5.60. The highest BCUT2D eigenvalue weighted by Gasteiger charge is 2.19. The summed E-state index contributed by atoms with van der Waals surface area (Å²) in [5, 5.41) is 2.11. The molecule has 0 bridgehead atoms. The van der Waals surface area contributed by atoms with Crippen LogP contribution in [-0.2, 0) is 0 Å². The van der Waals surface area contributed by atoms with Crippen molar-refractivity contribution < 1.29 is 4.74 Å². The Balaban J connectivity index is 1.99. The number of rotatable bonds is 6. The van der Waals surface area contributed by atoms with E-state index in [-0.39, 0.29) is 0 Å². The molecule has 0 fully saturated rings. The van der Waals surface area contributed by atoms with Crippen LogP contribution in [0.4, 0.5) is 0 Å². The van der Waals surface area contributed by atoms with Gasteiger partial charge < -0.3 is 4.74 Å². The van der Waals surface area contributed by atoms with Crippen molar-refractivity contribution in [1.29, 1.82) is 0 Å². The SMILES string of the molecule is COc1ccccc1-n1cc(-c2ccccc2)c2c(SCC(C)C)ncnc21. The largest absolute Gasteiger partial charge is 0.495 e. The number of benzene rings is 2. The Kier molecular flexibility index (Phi) is 5.35. The topological polar surface area (TPSA) is 39.9 Å². The van der Waals surface area contributed by atoms with E-state index in [0.717, 1.165) is 44.4 Å². The standard InChI is InChI=1S/C23H23N3OS/c1-16(2)14-28-23-21-18(17-9-5-4-6-10-17)13-26(22(21)24-15-25-23)19-11-7-8-12-20(19)27-3/h4-13,15-16H,14H2,1-3H3. The van der Waals surface area contributed by atoms with Gasteiger partial charge in [0.2, 0.25) is 0 Å². The zero-order valence-corrected chi connectivity index (χ0v) is 17.1. The van der Waals surface area contributed by atoms with Crippen molar-refractivity contribution in [2.75, 3.05) is 12.9 Å². The summed E-state index contributed by atoms with van der Waals surface area (Å²) in [6.45, 7) is 4.45. The summed E-state index contributed by atoms with van der Waals surface area (Å²) in [7, 11) is 1.70. The van der Waals surface area contributed by atoms with Gasteiger partial charge in [-0.3, -0.25) is 4.57 Å². The predicted octanol–water partition coefficient (Wildman–Crippen LogP) is 5.84. The van der Waals surface area contributed by atoms with Crippen LogP contribution in [0.1, 0.15) is 13.8 Å². The van der Waals surface area contributed by atoms with Crippen LogP contribution < -0.4 is 4.74 Å². The van der Waals surface area contributed by atoms with Crippen molar-refractivity contribution in [3.63, 3.8) is 0 Å². The van der Waals surface area contributed by atoms with Gasteiger partial charge in [0.15, 0.2) is 0 Å². The molecule has 0 saturated carbocycles. The van der Waals surface area contributed by atoms with E-state index in [1.165, 1.54) is 0 Å². The number of thioether (sulfide) groups is 1. The predicted molar refractivity (Wildman–Crippen MR) is 116 cm³/mol. The lowest BCUT2D eigenvalue weighted by atomic mass is 10.1. The minimum Gasteiger partial charge on any atom is -0.495 e. The van der Waals surface area contributed by atoms with E-state index >= 15 is 0 Å². The first-order valence-electron chi connectivity index (χ1n) is 9.36. The van der Waals surface area contributed by atoms with Crippen LogP contribution in [-0.4, -0.2) is 27.4 Å². The van der Waals surface area contributed by atoms with E-state index in [1.807, 2.05) is 24.3 Å². The summed E-state index contributed by atoms with van der Waals surface area (Å²) in [6.07, 6.45) is 3.80. The van der Waals surface area contributed by atoms with Gasteiger partial charge in [0.1, 0.15) is 22.7 Å². The van der Waals surface area contributed by atoms with E-state index in [1.54, 1.807) is 25.2 Å². The second-order valence-electron chi connectivity index (χ2n) is 7.03. The van der Waals surface area contributed by atoms with Gasteiger partial charge in [-0.15, -0.1) is 11.8 Å². The molecular weight excluding hydrogens is 366 g/mol. The molecule has 28 heavy (non-hydrogen) atoms. The average molecular weight is 390 g/mol. The molecule has 2 aromatic heterocycles. The molecule has 0 unspecified atom stereocenters. The van der Waals surface area contributed by atoms with Crippen LogP contribution in [0.5, 0.6) is 5.75 Å². The maximum absolute atomic E-state index is 5.60. The Labute approximate surface area is 169 Å². The molecular formula is C23H23N3OS. The molecule has 0 amide bonds. The van der Waals surface area contributed by atoms with Gasteiger partial charge in [0, 0.05) is 17.5 Å². The summed E-state index contributed by atoms with van der Waals surface area (Å²) in [5.41, 5.74) is 4.15. The quantitative estimate of drug-likeness (QED) is 0.307. The highest BCUT2D eigenvalue weighted by Crippen LogP contribution is 2.38. The Morgan fingerprint density at radius 1 is 1.00 bits per heavy atom. The lowest BCUT2D eigenvalue weighted by molar-refractivity contribution is 0.413. The van der Waals surface area contributed by atoms with Crippen LogP contribution in [0.2, 0.25) is 0 Å². The lowest BCUT2D eigenvalue weighted by Crippen LogP contribution is -1.98. The minimum absolute atomic E-state index is 0.589. The Bertz CT molecular complexity index is 1090. The van der Waals surface area contributed by atoms with Gasteiger partial charge in [-0.2, -0.15) is 0 Å². The molecule has 2 heterocycles. The van der Waals surface area contributed by atoms with Crippen molar-refractivity contribution in [1.82, 2.24) is 14.5 Å². The molecule has 0 spiro atoms. The van der Waals surface area contributed by atoms with E-state index < -0.39 is 0 Å². The number of hydrogen-bond acceptors (Lipinski definition) is 4. The normalized spacial score (nSPS) is 11.3. The third kappa shape index (κ3) is 3.50. The van der Waals surface area contributed by atoms with Gasteiger partial charge in [0.05, 0.1) is 18.2 Å². The molecule has 5 heteroatoms. The molecule has 2 aromatic carbocycles. The summed E-state index contributed by atoms with van der Waals surface area (Å²) < 4.78 is 7.71. The number of methoxy groups -OCH3 is 1. The first kappa shape index (κ1) is 18.6. The van der Waals surface area contributed by atoms with Crippen LogP contribution in [0.25, 0.3) is 27.8 Å². The van der Waals surface area contributed by atoms with E-state index in [2.05, 4.69) is 64.9 Å². The van der Waals surface area contributed by atoms with Gasteiger partial charge in [0.25, 0.3) is 0 Å². The number of fused-ring (bicyclic) bond motifs is 1. The third-order valence-corrected chi connectivity index (χ3v) is 5.95. The lowest BCUT2D eigenvalue weighted by Gasteiger charge is -2.10. The summed E-state index contributed by atoms with van der Waals surface area (Å²) in [6, 6.07) is 18.4. The van der Waals surface area contributed by atoms with Gasteiger partial charge in [-0.25, -0.2) is 9.97 Å². The molecule has 0 aliphatic rings. The van der Waals surface area contributed by atoms with Gasteiger partial charge in [-0.05, 0) is 23.6 Å². The van der Waals surface area contributed by atoms with Crippen molar-refractivity contribution in [2.45, 2.75) is 18.9 Å². The Hall–Kier alpha value is -2.79. The molecule has 4 aromatic rings. The fourth-order valence-corrected chi connectivity index (χ4v) is 4.20. The number of ether oxygens (including phenoxy) is 1. The van der Waals surface area contributed by atoms with E-state index in [0.29, 0.717) is 5.92 Å². The molecule has 0 saturated heterocycles. The number of hydrogen-bond donors (Lipinski definition) is 0. The Morgan fingerprint density at radius 2 is 1.75 bits per heavy atom. The zero-order chi connectivity index (χ0) is 19.5. The average Bonchev–Trinajstić information content (AvgIpc) is 3.13. The highest BCUT2D eigenvalue weighted by molar-refractivity contribution is 7.99. The fraction of sp³-hybridized carbons (Fsp3) is 0.217. The highest BCUT2D eigenvalue weighted by atomic mass is 32.2. The van der Waals surface area contributed by atoms with Crippen LogP contribution in [0, 0.1) is 5.92 Å². The number of para-hydroxylation sites is 2. The molecule has 142 valence electrons. The van der Waals surface area contributed by atoms with E-state index in [4.69, 9.17) is 4.74 Å². The van der Waals surface area contributed by atoms with E-state index in [9.17, 15) is 0 Å². The second kappa shape index (κ2) is 8.07. The van der Waals surface area contributed by atoms with Crippen LogP contribution in [0.3, 0.4) is 0 Å².